The molecule has 6 heteroatoms. The Morgan fingerprint density at radius 1 is 1.18 bits per heavy atom. The third-order valence-electron chi connectivity index (χ3n) is 3.05. The minimum absolute atomic E-state index is 0. The summed E-state index contributed by atoms with van der Waals surface area (Å²) in [6.45, 7) is 4.41. The molecule has 0 bridgehead atoms. The van der Waals surface area contributed by atoms with Gasteiger partial charge in [-0.2, -0.15) is 0 Å². The van der Waals surface area contributed by atoms with Crippen molar-refractivity contribution in [2.75, 3.05) is 25.4 Å². The van der Waals surface area contributed by atoms with Crippen LogP contribution in [0.15, 0.2) is 41.3 Å². The average Bonchev–Trinajstić information content (AvgIpc) is 2.49. The van der Waals surface area contributed by atoms with Crippen LogP contribution in [0.4, 0.5) is 0 Å². The van der Waals surface area contributed by atoms with Gasteiger partial charge in [-0.15, -0.1) is 24.2 Å². The zero-order chi connectivity index (χ0) is 15.1. The molecule has 0 aliphatic carbocycles. The maximum atomic E-state index is 11.8. The van der Waals surface area contributed by atoms with E-state index in [1.807, 2.05) is 43.3 Å². The highest BCUT2D eigenvalue weighted by atomic mass is 35.5. The number of nitrogens with one attached hydrogen (secondary N) is 2. The van der Waals surface area contributed by atoms with Crippen molar-refractivity contribution in [1.29, 1.82) is 0 Å². The summed E-state index contributed by atoms with van der Waals surface area (Å²) in [7, 11) is 0. The van der Waals surface area contributed by atoms with Crippen LogP contribution in [0, 0.1) is 0 Å². The monoisotopic (exact) mass is 358 g/mol. The summed E-state index contributed by atoms with van der Waals surface area (Å²) in [5.41, 5.74) is 0. The van der Waals surface area contributed by atoms with Gasteiger partial charge < -0.3 is 10.6 Å². The molecule has 0 unspecified atom stereocenters. The molecule has 0 saturated carbocycles. The highest BCUT2D eigenvalue weighted by molar-refractivity contribution is 8.00. The van der Waals surface area contributed by atoms with Crippen LogP contribution in [-0.2, 0) is 4.79 Å². The predicted octanol–water partition coefficient (Wildman–Crippen LogP) is 3.73. The summed E-state index contributed by atoms with van der Waals surface area (Å²) in [6, 6.07) is 11.9. The van der Waals surface area contributed by atoms with Crippen LogP contribution >= 0.6 is 35.8 Å². The molecule has 2 aromatic carbocycles. The first-order valence-corrected chi connectivity index (χ1v) is 8.36. The van der Waals surface area contributed by atoms with Crippen LogP contribution in [0.25, 0.3) is 10.8 Å². The van der Waals surface area contributed by atoms with Gasteiger partial charge in [0.05, 0.1) is 5.75 Å². The highest BCUT2D eigenvalue weighted by Gasteiger charge is 2.08. The standard InChI is InChI=1S/C16H19ClN2OS.ClH/c1-2-18-9-10-19-15(20)11-21-14-8-4-6-12-5-3-7-13(17)16(12)14;/h3-8,18H,2,9-11H2,1H3,(H,19,20);1H. The summed E-state index contributed by atoms with van der Waals surface area (Å²) in [4.78, 5) is 12.8. The topological polar surface area (TPSA) is 41.1 Å². The van der Waals surface area contributed by atoms with Crippen molar-refractivity contribution in [3.05, 3.63) is 41.4 Å². The Labute approximate surface area is 146 Å². The molecule has 2 rings (SSSR count). The van der Waals surface area contributed by atoms with E-state index in [2.05, 4.69) is 10.6 Å². The van der Waals surface area contributed by atoms with E-state index in [-0.39, 0.29) is 18.3 Å². The van der Waals surface area contributed by atoms with Crippen molar-refractivity contribution >= 4 is 52.4 Å². The summed E-state index contributed by atoms with van der Waals surface area (Å²) >= 11 is 7.79. The van der Waals surface area contributed by atoms with Gasteiger partial charge in [-0.05, 0) is 24.1 Å². The Bertz CT molecular complexity index is 617. The van der Waals surface area contributed by atoms with Gasteiger partial charge in [0.25, 0.3) is 0 Å². The van der Waals surface area contributed by atoms with E-state index in [1.54, 1.807) is 0 Å². The Hall–Kier alpha value is -0.940. The maximum Gasteiger partial charge on any atom is 0.230 e. The van der Waals surface area contributed by atoms with E-state index in [0.717, 1.165) is 33.8 Å². The molecule has 22 heavy (non-hydrogen) atoms. The normalized spacial score (nSPS) is 10.3. The second-order valence-electron chi connectivity index (χ2n) is 4.59. The molecule has 0 aromatic heterocycles. The molecule has 120 valence electrons. The number of thioether (sulfide) groups is 1. The Balaban J connectivity index is 0.00000242. The van der Waals surface area contributed by atoms with Crippen LogP contribution < -0.4 is 10.6 Å². The number of hydrogen-bond acceptors (Lipinski definition) is 3. The number of carbonyl (C=O) groups is 1. The average molecular weight is 359 g/mol. The quantitative estimate of drug-likeness (QED) is 0.585. The van der Waals surface area contributed by atoms with Gasteiger partial charge in [0.15, 0.2) is 0 Å². The van der Waals surface area contributed by atoms with E-state index in [0.29, 0.717) is 12.3 Å². The molecular weight excluding hydrogens is 339 g/mol. The number of carbonyl (C=O) groups excluding carboxylic acids is 1. The van der Waals surface area contributed by atoms with Crippen LogP contribution in [-0.4, -0.2) is 31.3 Å². The Morgan fingerprint density at radius 2 is 1.91 bits per heavy atom. The maximum absolute atomic E-state index is 11.8. The molecule has 0 aliphatic rings. The fourth-order valence-electron chi connectivity index (χ4n) is 2.04. The van der Waals surface area contributed by atoms with E-state index < -0.39 is 0 Å². The van der Waals surface area contributed by atoms with Crippen LogP contribution in [0.3, 0.4) is 0 Å². The second kappa shape index (κ2) is 9.95. The predicted molar refractivity (Wildman–Crippen MR) is 98.5 cm³/mol. The molecular formula is C16H20Cl2N2OS. The lowest BCUT2D eigenvalue weighted by Gasteiger charge is -2.08. The summed E-state index contributed by atoms with van der Waals surface area (Å²) in [6.07, 6.45) is 0. The molecule has 0 aliphatic heterocycles. The second-order valence-corrected chi connectivity index (χ2v) is 6.01. The molecule has 0 atom stereocenters. The molecule has 0 fully saturated rings. The number of likely N-dealkylation sites (N-methyl/N-ethyl adjacent to an activating group) is 1. The van der Waals surface area contributed by atoms with Crippen molar-refractivity contribution in [1.82, 2.24) is 10.6 Å². The first-order chi connectivity index (χ1) is 10.2. The highest BCUT2D eigenvalue weighted by Crippen LogP contribution is 2.32. The lowest BCUT2D eigenvalue weighted by molar-refractivity contribution is -0.118. The number of rotatable bonds is 7. The lowest BCUT2D eigenvalue weighted by atomic mass is 10.1. The molecule has 2 aromatic rings. The third kappa shape index (κ3) is 5.36. The van der Waals surface area contributed by atoms with Gasteiger partial charge in [-0.25, -0.2) is 0 Å². The summed E-state index contributed by atoms with van der Waals surface area (Å²) < 4.78 is 0. The lowest BCUT2D eigenvalue weighted by Crippen LogP contribution is -2.32. The molecule has 0 radical (unpaired) electrons. The number of fused-ring (bicyclic) bond motifs is 1. The van der Waals surface area contributed by atoms with Crippen LogP contribution in [0.2, 0.25) is 5.02 Å². The fourth-order valence-corrected chi connectivity index (χ4v) is 3.32. The van der Waals surface area contributed by atoms with Crippen molar-refractivity contribution < 1.29 is 4.79 Å². The SMILES string of the molecule is CCNCCNC(=O)CSc1cccc2cccc(Cl)c12.Cl. The van der Waals surface area contributed by atoms with Crippen LogP contribution in [0.1, 0.15) is 6.92 Å². The number of hydrogen-bond donors (Lipinski definition) is 2. The van der Waals surface area contributed by atoms with Gasteiger partial charge in [-0.3, -0.25) is 4.79 Å². The van der Waals surface area contributed by atoms with Crippen molar-refractivity contribution in [2.45, 2.75) is 11.8 Å². The first-order valence-electron chi connectivity index (χ1n) is 7.00. The van der Waals surface area contributed by atoms with Gasteiger partial charge in [-0.1, -0.05) is 42.8 Å². The van der Waals surface area contributed by atoms with E-state index in [4.69, 9.17) is 11.6 Å². The Kier molecular flexibility index (Phi) is 8.64. The fraction of sp³-hybridized carbons (Fsp3) is 0.312. The summed E-state index contributed by atoms with van der Waals surface area (Å²) in [5, 5.41) is 8.91. The molecule has 0 saturated heterocycles. The molecule has 0 spiro atoms. The number of halogens is 2. The van der Waals surface area contributed by atoms with E-state index in [1.165, 1.54) is 11.8 Å². The van der Waals surface area contributed by atoms with Crippen LogP contribution in [0.5, 0.6) is 0 Å². The molecule has 1 amide bonds. The number of amides is 1. The molecule has 2 N–H and O–H groups in total. The smallest absolute Gasteiger partial charge is 0.230 e. The molecule has 0 heterocycles. The van der Waals surface area contributed by atoms with Crippen molar-refractivity contribution in [2.24, 2.45) is 0 Å². The Morgan fingerprint density at radius 3 is 2.64 bits per heavy atom. The van der Waals surface area contributed by atoms with Gasteiger partial charge >= 0.3 is 0 Å². The van der Waals surface area contributed by atoms with E-state index in [9.17, 15) is 4.79 Å². The zero-order valence-electron chi connectivity index (χ0n) is 12.4. The first kappa shape index (κ1) is 19.1. The van der Waals surface area contributed by atoms with E-state index >= 15 is 0 Å². The van der Waals surface area contributed by atoms with Gasteiger partial charge in [0.1, 0.15) is 0 Å². The van der Waals surface area contributed by atoms with Gasteiger partial charge in [0.2, 0.25) is 5.91 Å². The largest absolute Gasteiger partial charge is 0.354 e. The minimum atomic E-state index is 0. The summed E-state index contributed by atoms with van der Waals surface area (Å²) in [5.74, 6) is 0.443. The number of benzene rings is 2. The van der Waals surface area contributed by atoms with Crippen molar-refractivity contribution in [3.8, 4) is 0 Å². The third-order valence-corrected chi connectivity index (χ3v) is 4.42. The van der Waals surface area contributed by atoms with Crippen molar-refractivity contribution in [3.63, 3.8) is 0 Å². The zero-order valence-corrected chi connectivity index (χ0v) is 14.8. The van der Waals surface area contributed by atoms with Gasteiger partial charge in [0, 0.05) is 28.4 Å². The minimum Gasteiger partial charge on any atom is -0.354 e. The molecule has 3 nitrogen and oxygen atoms in total.